The Bertz CT molecular complexity index is 1360. The van der Waals surface area contributed by atoms with Gasteiger partial charge < -0.3 is 4.74 Å². The van der Waals surface area contributed by atoms with Crippen molar-refractivity contribution in [2.24, 2.45) is 0 Å². The summed E-state index contributed by atoms with van der Waals surface area (Å²) in [6.07, 6.45) is 0.852. The minimum Gasteiger partial charge on any atom is -0.497 e. The molecule has 0 saturated heterocycles. The molecule has 33 heavy (non-hydrogen) atoms. The highest BCUT2D eigenvalue weighted by Crippen LogP contribution is 2.35. The molecule has 0 amide bonds. The Morgan fingerprint density at radius 1 is 1.18 bits per heavy atom. The van der Waals surface area contributed by atoms with Gasteiger partial charge in [0.15, 0.2) is 5.16 Å². The van der Waals surface area contributed by atoms with Gasteiger partial charge in [-0.15, -0.1) is 11.3 Å². The number of ether oxygens (including phenoxy) is 1. The van der Waals surface area contributed by atoms with Gasteiger partial charge in [-0.1, -0.05) is 36.9 Å². The summed E-state index contributed by atoms with van der Waals surface area (Å²) in [4.78, 5) is 23.2. The molecule has 0 spiro atoms. The Kier molecular flexibility index (Phi) is 6.23. The van der Waals surface area contributed by atoms with Gasteiger partial charge in [0, 0.05) is 23.7 Å². The number of benzene rings is 2. The molecule has 0 N–H and O–H groups in total. The van der Waals surface area contributed by atoms with Crippen LogP contribution in [0.4, 0.5) is 4.39 Å². The molecule has 0 saturated carbocycles. The number of hydrogen-bond acceptors (Lipinski definition) is 6. The van der Waals surface area contributed by atoms with Gasteiger partial charge in [-0.3, -0.25) is 14.3 Å². The number of halogens is 1. The Balaban J connectivity index is 1.64. The molecule has 1 aliphatic rings. The Labute approximate surface area is 199 Å². The van der Waals surface area contributed by atoms with Crippen LogP contribution in [0.25, 0.3) is 15.9 Å². The van der Waals surface area contributed by atoms with Gasteiger partial charge >= 0.3 is 0 Å². The number of rotatable bonds is 6. The zero-order chi connectivity index (χ0) is 22.9. The monoisotopic (exact) mass is 481 g/mol. The van der Waals surface area contributed by atoms with Gasteiger partial charge in [-0.2, -0.15) is 0 Å². The van der Waals surface area contributed by atoms with E-state index < -0.39 is 0 Å². The van der Waals surface area contributed by atoms with Crippen molar-refractivity contribution in [2.45, 2.75) is 30.8 Å². The van der Waals surface area contributed by atoms with Gasteiger partial charge in [-0.25, -0.2) is 9.37 Å². The highest BCUT2D eigenvalue weighted by molar-refractivity contribution is 7.98. The summed E-state index contributed by atoms with van der Waals surface area (Å²) < 4.78 is 21.2. The molecular formula is C25H24FN3O2S2. The molecule has 0 atom stereocenters. The third kappa shape index (κ3) is 4.18. The largest absolute Gasteiger partial charge is 0.497 e. The summed E-state index contributed by atoms with van der Waals surface area (Å²) in [6.45, 7) is 4.94. The molecule has 170 valence electrons. The highest BCUT2D eigenvalue weighted by Gasteiger charge is 2.25. The van der Waals surface area contributed by atoms with E-state index in [-0.39, 0.29) is 11.4 Å². The van der Waals surface area contributed by atoms with E-state index in [1.54, 1.807) is 35.1 Å². The van der Waals surface area contributed by atoms with Crippen LogP contribution < -0.4 is 10.3 Å². The van der Waals surface area contributed by atoms with Crippen molar-refractivity contribution in [3.05, 3.63) is 80.7 Å². The van der Waals surface area contributed by atoms with Gasteiger partial charge in [-0.05, 0) is 54.4 Å². The second-order valence-electron chi connectivity index (χ2n) is 7.92. The average molecular weight is 482 g/mol. The maximum absolute atomic E-state index is 14.2. The fourth-order valence-electron chi connectivity index (χ4n) is 4.16. The molecule has 5 rings (SSSR count). The van der Waals surface area contributed by atoms with Gasteiger partial charge in [0.2, 0.25) is 0 Å². The van der Waals surface area contributed by atoms with Gasteiger partial charge in [0.05, 0.1) is 18.2 Å². The van der Waals surface area contributed by atoms with Crippen LogP contribution in [0.1, 0.15) is 22.9 Å². The average Bonchev–Trinajstić information content (AvgIpc) is 3.21. The van der Waals surface area contributed by atoms with Crippen LogP contribution in [0.3, 0.4) is 0 Å². The van der Waals surface area contributed by atoms with E-state index in [1.807, 2.05) is 30.3 Å². The number of thiophene rings is 1. The Morgan fingerprint density at radius 2 is 1.97 bits per heavy atom. The Morgan fingerprint density at radius 3 is 2.70 bits per heavy atom. The summed E-state index contributed by atoms with van der Waals surface area (Å²) in [5.74, 6) is 0.847. The highest BCUT2D eigenvalue weighted by atomic mass is 32.2. The minimum atomic E-state index is -0.254. The number of hydrogen-bond donors (Lipinski definition) is 0. The minimum absolute atomic E-state index is 0.0661. The van der Waals surface area contributed by atoms with E-state index in [1.165, 1.54) is 22.7 Å². The summed E-state index contributed by atoms with van der Waals surface area (Å²) in [5, 5.41) is 1.28. The first-order valence-electron chi connectivity index (χ1n) is 10.9. The van der Waals surface area contributed by atoms with Crippen molar-refractivity contribution < 1.29 is 9.13 Å². The predicted octanol–water partition coefficient (Wildman–Crippen LogP) is 5.27. The second kappa shape index (κ2) is 9.29. The number of fused-ring (bicyclic) bond motifs is 3. The normalized spacial score (nSPS) is 13.9. The van der Waals surface area contributed by atoms with Crippen LogP contribution in [0, 0.1) is 5.82 Å². The lowest BCUT2D eigenvalue weighted by Gasteiger charge is -2.25. The number of likely N-dealkylation sites (N-methyl/N-ethyl adjacent to an activating group) is 1. The van der Waals surface area contributed by atoms with E-state index >= 15 is 0 Å². The van der Waals surface area contributed by atoms with Crippen LogP contribution in [0.2, 0.25) is 0 Å². The number of aromatic nitrogens is 2. The summed E-state index contributed by atoms with van der Waals surface area (Å²) in [7, 11) is 1.61. The molecule has 3 heterocycles. The van der Waals surface area contributed by atoms with Crippen LogP contribution >= 0.6 is 23.1 Å². The van der Waals surface area contributed by atoms with E-state index in [0.717, 1.165) is 47.5 Å². The van der Waals surface area contributed by atoms with Crippen molar-refractivity contribution >= 4 is 33.3 Å². The molecule has 0 unspecified atom stereocenters. The smallest absolute Gasteiger partial charge is 0.267 e. The molecule has 2 aromatic heterocycles. The van der Waals surface area contributed by atoms with E-state index in [2.05, 4.69) is 11.8 Å². The molecule has 0 bridgehead atoms. The van der Waals surface area contributed by atoms with Crippen LogP contribution in [0.15, 0.2) is 58.5 Å². The molecule has 5 nitrogen and oxygen atoms in total. The lowest BCUT2D eigenvalue weighted by molar-refractivity contribution is 0.272. The first-order valence-corrected chi connectivity index (χ1v) is 12.7. The van der Waals surface area contributed by atoms with Gasteiger partial charge in [0.1, 0.15) is 16.4 Å². The van der Waals surface area contributed by atoms with E-state index in [4.69, 9.17) is 9.72 Å². The summed E-state index contributed by atoms with van der Waals surface area (Å²) in [5.41, 5.74) is 2.37. The zero-order valence-corrected chi connectivity index (χ0v) is 20.1. The lowest BCUT2D eigenvalue weighted by atomic mass is 10.1. The molecule has 0 radical (unpaired) electrons. The SMILES string of the molecule is CCN1CCc2c(sc3nc(SCc4ccccc4F)n(-c4ccc(OC)cc4)c(=O)c23)C1. The predicted molar refractivity (Wildman–Crippen MR) is 132 cm³/mol. The lowest BCUT2D eigenvalue weighted by Crippen LogP contribution is -2.30. The summed E-state index contributed by atoms with van der Waals surface area (Å²) in [6, 6.07) is 14.1. The second-order valence-corrected chi connectivity index (χ2v) is 9.94. The fraction of sp³-hybridized carbons (Fsp3) is 0.280. The molecule has 4 aromatic rings. The fourth-order valence-corrected chi connectivity index (χ4v) is 6.46. The van der Waals surface area contributed by atoms with Crippen molar-refractivity contribution in [3.8, 4) is 11.4 Å². The zero-order valence-electron chi connectivity index (χ0n) is 18.5. The third-order valence-electron chi connectivity index (χ3n) is 6.02. The van der Waals surface area contributed by atoms with Crippen molar-refractivity contribution in [1.82, 2.24) is 14.5 Å². The number of thioether (sulfide) groups is 1. The topological polar surface area (TPSA) is 47.4 Å². The van der Waals surface area contributed by atoms with Crippen molar-refractivity contribution in [3.63, 3.8) is 0 Å². The van der Waals surface area contributed by atoms with E-state index in [0.29, 0.717) is 22.2 Å². The number of methoxy groups -OCH3 is 1. The first kappa shape index (κ1) is 22.1. The van der Waals surface area contributed by atoms with Crippen molar-refractivity contribution in [2.75, 3.05) is 20.2 Å². The van der Waals surface area contributed by atoms with Gasteiger partial charge in [0.25, 0.3) is 5.56 Å². The number of nitrogens with zero attached hydrogens (tertiary/aromatic N) is 3. The van der Waals surface area contributed by atoms with Crippen LogP contribution in [-0.4, -0.2) is 34.7 Å². The molecule has 2 aromatic carbocycles. The standard InChI is InChI=1S/C25H24FN3O2S2/c1-3-28-13-12-19-21(14-28)33-23-22(19)24(30)29(17-8-10-18(31-2)11-9-17)25(27-23)32-15-16-6-4-5-7-20(16)26/h4-11H,3,12-15H2,1-2H3. The molecule has 0 fully saturated rings. The van der Waals surface area contributed by atoms with Crippen LogP contribution in [-0.2, 0) is 18.7 Å². The quantitative estimate of drug-likeness (QED) is 0.278. The van der Waals surface area contributed by atoms with E-state index in [9.17, 15) is 9.18 Å². The van der Waals surface area contributed by atoms with Crippen molar-refractivity contribution in [1.29, 1.82) is 0 Å². The molecule has 8 heteroatoms. The van der Waals surface area contributed by atoms with Crippen LogP contribution in [0.5, 0.6) is 5.75 Å². The maximum atomic E-state index is 14.2. The maximum Gasteiger partial charge on any atom is 0.267 e. The molecule has 1 aliphatic heterocycles. The molecular weight excluding hydrogens is 457 g/mol. The first-order chi connectivity index (χ1) is 16.1. The summed E-state index contributed by atoms with van der Waals surface area (Å²) >= 11 is 2.98. The third-order valence-corrected chi connectivity index (χ3v) is 8.11. The Hall–Kier alpha value is -2.68. The molecule has 0 aliphatic carbocycles.